The van der Waals surface area contributed by atoms with E-state index in [4.69, 9.17) is 32.8 Å². The minimum Gasteiger partial charge on any atom is -0.405 e. The zero-order chi connectivity index (χ0) is 32.5. The SMILES string of the molecule is C=CC.C=CN.CC(=N)CC(N)N(C)C.CC1=NN2C3=C(C=NC2C1)C(c1cnc(-c2ccn(C)n2)c(Cl)c1)CC3(C)C. The molecule has 3 atom stereocenters. The molecule has 2 aliphatic heterocycles. The number of nitrogens with two attached hydrogens (primary N) is 2. The molecular weight excluding hydrogens is 560 g/mol. The van der Waals surface area contributed by atoms with Crippen LogP contribution in [0.4, 0.5) is 0 Å². The molecule has 234 valence electrons. The number of aromatic nitrogens is 3. The lowest BCUT2D eigenvalue weighted by atomic mass is 9.85. The predicted molar refractivity (Wildman–Crippen MR) is 181 cm³/mol. The van der Waals surface area contributed by atoms with Gasteiger partial charge in [-0.3, -0.25) is 19.6 Å². The van der Waals surface area contributed by atoms with Gasteiger partial charge in [0, 0.05) is 61.3 Å². The zero-order valence-corrected chi connectivity index (χ0v) is 27.7. The molecule has 2 aromatic heterocycles. The van der Waals surface area contributed by atoms with E-state index in [9.17, 15) is 0 Å². The fourth-order valence-corrected chi connectivity index (χ4v) is 5.43. The Hall–Kier alpha value is -3.60. The molecule has 5 N–H and O–H groups in total. The van der Waals surface area contributed by atoms with Gasteiger partial charge in [0.2, 0.25) is 0 Å². The Morgan fingerprint density at radius 3 is 2.44 bits per heavy atom. The molecule has 43 heavy (non-hydrogen) atoms. The highest BCUT2D eigenvalue weighted by Gasteiger charge is 2.47. The smallest absolute Gasteiger partial charge is 0.147 e. The summed E-state index contributed by atoms with van der Waals surface area (Å²) in [6.45, 7) is 16.8. The van der Waals surface area contributed by atoms with Crippen LogP contribution in [0.25, 0.3) is 11.4 Å². The Balaban J connectivity index is 0.000000362. The average Bonchev–Trinajstić information content (AvgIpc) is 3.58. The van der Waals surface area contributed by atoms with Crippen molar-refractivity contribution < 1.29 is 0 Å². The average molecular weight is 609 g/mol. The molecule has 0 saturated heterocycles. The van der Waals surface area contributed by atoms with Gasteiger partial charge in [-0.1, -0.05) is 38.1 Å². The normalized spacial score (nSPS) is 19.9. The van der Waals surface area contributed by atoms with E-state index in [1.807, 2.05) is 57.5 Å². The number of hydrogen-bond donors (Lipinski definition) is 3. The first-order chi connectivity index (χ1) is 20.2. The Morgan fingerprint density at radius 1 is 1.33 bits per heavy atom. The minimum atomic E-state index is 0.00231. The summed E-state index contributed by atoms with van der Waals surface area (Å²) in [5.41, 5.74) is 17.2. The lowest BCUT2D eigenvalue weighted by molar-refractivity contribution is 0.229. The van der Waals surface area contributed by atoms with Gasteiger partial charge < -0.3 is 16.9 Å². The maximum absolute atomic E-state index is 7.11. The molecule has 0 bridgehead atoms. The molecule has 5 rings (SSSR count). The highest BCUT2D eigenvalue weighted by atomic mass is 35.5. The highest BCUT2D eigenvalue weighted by molar-refractivity contribution is 6.33. The number of fused-ring (bicyclic) bond motifs is 2. The summed E-state index contributed by atoms with van der Waals surface area (Å²) in [7, 11) is 5.71. The molecule has 0 radical (unpaired) electrons. The molecule has 11 heteroatoms. The van der Waals surface area contributed by atoms with Crippen LogP contribution in [-0.4, -0.2) is 68.7 Å². The number of nitrogens with zero attached hydrogens (tertiary/aromatic N) is 7. The number of aliphatic imine (C=N–C) groups is 1. The number of allylic oxidation sites excluding steroid dienone is 3. The molecule has 3 aliphatic rings. The van der Waals surface area contributed by atoms with Gasteiger partial charge in [-0.15, -0.1) is 6.58 Å². The number of hydrazone groups is 1. The standard InChI is InChI=1S/C21H23ClN6.C6H15N3.C3H6.C2H5N/c1-12-7-18-23-11-15-14(9-21(2,3)20(15)28(18)25-12)13-8-16(22)19(24-10-13)17-5-6-27(4)26-17;1-5(7)4-6(8)9(2)3;1-3-2;1-2-3/h5-6,8,10-11,14,18H,7,9H2,1-4H3;6-7H,4,8H2,1-3H3;3H,1H2,2H3;2H,1,3H2. The fraction of sp³-hybridized carbons (Fsp3) is 0.469. The molecule has 0 saturated carbocycles. The molecule has 3 unspecified atom stereocenters. The van der Waals surface area contributed by atoms with E-state index >= 15 is 0 Å². The van der Waals surface area contributed by atoms with Crippen molar-refractivity contribution in [3.05, 3.63) is 71.8 Å². The molecule has 0 aromatic carbocycles. The van der Waals surface area contributed by atoms with Crippen molar-refractivity contribution >= 4 is 29.2 Å². The van der Waals surface area contributed by atoms with Crippen LogP contribution in [0.3, 0.4) is 0 Å². The summed E-state index contributed by atoms with van der Waals surface area (Å²) in [6.07, 6.45) is 11.6. The maximum atomic E-state index is 7.11. The summed E-state index contributed by atoms with van der Waals surface area (Å²) in [4.78, 5) is 11.3. The van der Waals surface area contributed by atoms with Gasteiger partial charge in [0.05, 0.1) is 16.9 Å². The Labute approximate surface area is 262 Å². The van der Waals surface area contributed by atoms with Crippen molar-refractivity contribution in [3.63, 3.8) is 0 Å². The second-order valence-corrected chi connectivity index (χ2v) is 12.1. The summed E-state index contributed by atoms with van der Waals surface area (Å²) in [5.74, 6) is 0.216. The molecule has 0 fully saturated rings. The van der Waals surface area contributed by atoms with Crippen LogP contribution in [0.1, 0.15) is 65.4 Å². The van der Waals surface area contributed by atoms with E-state index in [1.54, 1.807) is 17.7 Å². The van der Waals surface area contributed by atoms with Crippen LogP contribution in [0.5, 0.6) is 0 Å². The van der Waals surface area contributed by atoms with Crippen molar-refractivity contribution in [2.45, 2.75) is 72.1 Å². The summed E-state index contributed by atoms with van der Waals surface area (Å²) >= 11 is 6.61. The van der Waals surface area contributed by atoms with Crippen molar-refractivity contribution in [2.24, 2.45) is 34.0 Å². The molecule has 1 aliphatic carbocycles. The van der Waals surface area contributed by atoms with Gasteiger partial charge in [0.15, 0.2) is 0 Å². The lowest BCUT2D eigenvalue weighted by Gasteiger charge is -2.33. The fourth-order valence-electron chi connectivity index (χ4n) is 5.16. The number of rotatable bonds is 5. The van der Waals surface area contributed by atoms with E-state index in [2.05, 4.69) is 61.0 Å². The Bertz CT molecular complexity index is 1360. The summed E-state index contributed by atoms with van der Waals surface area (Å²) in [5, 5.41) is 19.1. The third-order valence-corrected chi connectivity index (χ3v) is 7.35. The van der Waals surface area contributed by atoms with Crippen LogP contribution in [0.2, 0.25) is 5.02 Å². The topological polar surface area (TPSA) is 138 Å². The maximum Gasteiger partial charge on any atom is 0.147 e. The molecule has 2 aromatic rings. The number of hydrogen-bond acceptors (Lipinski definition) is 9. The first-order valence-electron chi connectivity index (χ1n) is 14.3. The second-order valence-electron chi connectivity index (χ2n) is 11.7. The largest absolute Gasteiger partial charge is 0.405 e. The van der Waals surface area contributed by atoms with Gasteiger partial charge in [-0.05, 0) is 70.8 Å². The molecule has 0 spiro atoms. The first-order valence-corrected chi connectivity index (χ1v) is 14.7. The quantitative estimate of drug-likeness (QED) is 0.218. The third-order valence-electron chi connectivity index (χ3n) is 7.06. The van der Waals surface area contributed by atoms with E-state index < -0.39 is 0 Å². The zero-order valence-electron chi connectivity index (χ0n) is 27.0. The molecular formula is C32H49ClN10. The number of aryl methyl sites for hydroxylation is 1. The van der Waals surface area contributed by atoms with Gasteiger partial charge in [0.1, 0.15) is 17.6 Å². The number of pyridine rings is 1. The monoisotopic (exact) mass is 608 g/mol. The van der Waals surface area contributed by atoms with Crippen molar-refractivity contribution in [3.8, 4) is 11.4 Å². The van der Waals surface area contributed by atoms with E-state index in [0.717, 1.165) is 35.5 Å². The van der Waals surface area contributed by atoms with Crippen LogP contribution in [0.15, 0.2) is 71.3 Å². The van der Waals surface area contributed by atoms with Crippen molar-refractivity contribution in [2.75, 3.05) is 14.1 Å². The van der Waals surface area contributed by atoms with Crippen molar-refractivity contribution in [1.82, 2.24) is 24.7 Å². The predicted octanol–water partition coefficient (Wildman–Crippen LogP) is 5.94. The van der Waals surface area contributed by atoms with Crippen molar-refractivity contribution in [1.29, 1.82) is 5.41 Å². The molecule has 10 nitrogen and oxygen atoms in total. The van der Waals surface area contributed by atoms with Gasteiger partial charge in [-0.2, -0.15) is 10.2 Å². The molecule has 4 heterocycles. The first kappa shape index (κ1) is 35.6. The Kier molecular flexibility index (Phi) is 13.0. The van der Waals surface area contributed by atoms with E-state index in [1.165, 1.54) is 17.5 Å². The summed E-state index contributed by atoms with van der Waals surface area (Å²) < 4.78 is 1.76. The van der Waals surface area contributed by atoms with Gasteiger partial charge in [-0.25, -0.2) is 5.01 Å². The van der Waals surface area contributed by atoms with E-state index in [0.29, 0.717) is 17.2 Å². The lowest BCUT2D eigenvalue weighted by Crippen LogP contribution is -2.37. The van der Waals surface area contributed by atoms with E-state index in [-0.39, 0.29) is 23.7 Å². The number of halogens is 1. The second kappa shape index (κ2) is 15.7. The molecule has 0 amide bonds. The van der Waals surface area contributed by atoms with Gasteiger partial charge >= 0.3 is 0 Å². The van der Waals surface area contributed by atoms with Crippen LogP contribution >= 0.6 is 11.6 Å². The number of nitrogens with one attached hydrogen (secondary N) is 1. The van der Waals surface area contributed by atoms with Crippen LogP contribution < -0.4 is 11.5 Å². The van der Waals surface area contributed by atoms with Crippen LogP contribution in [-0.2, 0) is 7.05 Å². The summed E-state index contributed by atoms with van der Waals surface area (Å²) in [6, 6.07) is 3.96. The van der Waals surface area contributed by atoms with Crippen LogP contribution in [0, 0.1) is 10.8 Å². The Morgan fingerprint density at radius 2 is 1.95 bits per heavy atom. The third kappa shape index (κ3) is 9.19. The van der Waals surface area contributed by atoms with Gasteiger partial charge in [0.25, 0.3) is 0 Å². The minimum absolute atomic E-state index is 0.00231. The highest BCUT2D eigenvalue weighted by Crippen LogP contribution is 2.53.